The number of hydrogen-bond donors (Lipinski definition) is 1. The Hall–Kier alpha value is -1.06. The Kier molecular flexibility index (Phi) is 4.25. The lowest BCUT2D eigenvalue weighted by molar-refractivity contribution is -0.0848. The molecule has 0 spiro atoms. The van der Waals surface area contributed by atoms with E-state index in [1.807, 2.05) is 0 Å². The lowest BCUT2D eigenvalue weighted by Crippen LogP contribution is -2.49. The molecule has 1 fully saturated rings. The second-order valence-corrected chi connectivity index (χ2v) is 5.68. The first-order valence-electron chi connectivity index (χ1n) is 6.72. The molecular formula is C15H24N2O. The maximum atomic E-state index is 5.71. The van der Waals surface area contributed by atoms with Gasteiger partial charge in [-0.15, -0.1) is 0 Å². The largest absolute Gasteiger partial charge is 0.384 e. The third-order valence-corrected chi connectivity index (χ3v) is 3.31. The highest BCUT2D eigenvalue weighted by Crippen LogP contribution is 2.16. The van der Waals surface area contributed by atoms with Crippen LogP contribution in [0.5, 0.6) is 0 Å². The van der Waals surface area contributed by atoms with Crippen LogP contribution in [-0.4, -0.2) is 43.3 Å². The van der Waals surface area contributed by atoms with Crippen LogP contribution in [0.3, 0.4) is 0 Å². The van der Waals surface area contributed by atoms with Gasteiger partial charge >= 0.3 is 0 Å². The van der Waals surface area contributed by atoms with Crippen LogP contribution in [0.1, 0.15) is 19.4 Å². The van der Waals surface area contributed by atoms with Gasteiger partial charge in [0.15, 0.2) is 0 Å². The summed E-state index contributed by atoms with van der Waals surface area (Å²) < 4.78 is 5.71. The standard InChI is InChI=1S/C15H24N2O/c1-13-4-6-14(7-5-13)16-8-9-17-10-11-18-15(2,3)12-17/h4-7,16H,8-12H2,1-3H3. The van der Waals surface area contributed by atoms with Crippen LogP contribution >= 0.6 is 0 Å². The summed E-state index contributed by atoms with van der Waals surface area (Å²) in [5, 5.41) is 3.46. The van der Waals surface area contributed by atoms with Crippen molar-refractivity contribution >= 4 is 5.69 Å². The van der Waals surface area contributed by atoms with E-state index >= 15 is 0 Å². The lowest BCUT2D eigenvalue weighted by atomic mass is 10.1. The Labute approximate surface area is 110 Å². The predicted octanol–water partition coefficient (Wildman–Crippen LogP) is 2.52. The number of benzene rings is 1. The molecule has 0 bridgehead atoms. The van der Waals surface area contributed by atoms with Gasteiger partial charge in [0.1, 0.15) is 0 Å². The van der Waals surface area contributed by atoms with Crippen molar-refractivity contribution < 1.29 is 4.74 Å². The maximum absolute atomic E-state index is 5.71. The molecule has 3 nitrogen and oxygen atoms in total. The Bertz CT molecular complexity index is 373. The minimum atomic E-state index is 0.00209. The molecule has 0 unspecified atom stereocenters. The van der Waals surface area contributed by atoms with E-state index in [1.54, 1.807) is 0 Å². The van der Waals surface area contributed by atoms with E-state index in [1.165, 1.54) is 11.3 Å². The topological polar surface area (TPSA) is 24.5 Å². The summed E-state index contributed by atoms with van der Waals surface area (Å²) in [4.78, 5) is 2.46. The van der Waals surface area contributed by atoms with Crippen LogP contribution in [0.25, 0.3) is 0 Å². The molecule has 0 aromatic heterocycles. The molecule has 1 aromatic rings. The number of aryl methyl sites for hydroxylation is 1. The van der Waals surface area contributed by atoms with E-state index < -0.39 is 0 Å². The molecule has 1 aliphatic heterocycles. The van der Waals surface area contributed by atoms with E-state index in [-0.39, 0.29) is 5.60 Å². The van der Waals surface area contributed by atoms with Gasteiger partial charge in [0, 0.05) is 31.9 Å². The molecule has 1 N–H and O–H groups in total. The number of ether oxygens (including phenoxy) is 1. The molecule has 0 aliphatic carbocycles. The van der Waals surface area contributed by atoms with Crippen LogP contribution in [-0.2, 0) is 4.74 Å². The number of anilines is 1. The highest BCUT2D eigenvalue weighted by molar-refractivity contribution is 5.44. The Balaban J connectivity index is 1.73. The molecule has 3 heteroatoms. The van der Waals surface area contributed by atoms with Crippen molar-refractivity contribution in [3.63, 3.8) is 0 Å². The molecule has 1 saturated heterocycles. The summed E-state index contributed by atoms with van der Waals surface area (Å²) in [6.07, 6.45) is 0. The Morgan fingerprint density at radius 1 is 1.28 bits per heavy atom. The summed E-state index contributed by atoms with van der Waals surface area (Å²) in [6.45, 7) is 11.4. The zero-order chi connectivity index (χ0) is 13.0. The van der Waals surface area contributed by atoms with E-state index in [0.29, 0.717) is 0 Å². The summed E-state index contributed by atoms with van der Waals surface area (Å²) >= 11 is 0. The second-order valence-electron chi connectivity index (χ2n) is 5.68. The molecular weight excluding hydrogens is 224 g/mol. The van der Waals surface area contributed by atoms with Crippen molar-refractivity contribution in [1.82, 2.24) is 4.90 Å². The lowest BCUT2D eigenvalue weighted by Gasteiger charge is -2.38. The highest BCUT2D eigenvalue weighted by Gasteiger charge is 2.26. The maximum Gasteiger partial charge on any atom is 0.0753 e. The van der Waals surface area contributed by atoms with Crippen molar-refractivity contribution in [2.24, 2.45) is 0 Å². The van der Waals surface area contributed by atoms with Gasteiger partial charge in [-0.05, 0) is 32.9 Å². The van der Waals surface area contributed by atoms with Crippen molar-refractivity contribution in [2.75, 3.05) is 38.1 Å². The Morgan fingerprint density at radius 3 is 2.67 bits per heavy atom. The van der Waals surface area contributed by atoms with E-state index in [4.69, 9.17) is 4.74 Å². The molecule has 0 saturated carbocycles. The van der Waals surface area contributed by atoms with Gasteiger partial charge in [-0.2, -0.15) is 0 Å². The number of rotatable bonds is 4. The minimum absolute atomic E-state index is 0.00209. The van der Waals surface area contributed by atoms with Gasteiger partial charge in [-0.3, -0.25) is 4.90 Å². The average molecular weight is 248 g/mol. The van der Waals surface area contributed by atoms with Gasteiger partial charge in [-0.25, -0.2) is 0 Å². The molecule has 0 radical (unpaired) electrons. The molecule has 1 aliphatic rings. The molecule has 1 heterocycles. The third kappa shape index (κ3) is 4.00. The van der Waals surface area contributed by atoms with Gasteiger partial charge in [0.25, 0.3) is 0 Å². The zero-order valence-electron chi connectivity index (χ0n) is 11.7. The first-order valence-corrected chi connectivity index (χ1v) is 6.72. The molecule has 0 amide bonds. The van der Waals surface area contributed by atoms with Crippen LogP contribution in [0, 0.1) is 6.92 Å². The summed E-state index contributed by atoms with van der Waals surface area (Å²) in [6, 6.07) is 8.55. The van der Waals surface area contributed by atoms with Crippen LogP contribution in [0.2, 0.25) is 0 Å². The molecule has 2 rings (SSSR count). The molecule has 18 heavy (non-hydrogen) atoms. The molecule has 0 atom stereocenters. The van der Waals surface area contributed by atoms with Crippen molar-refractivity contribution in [2.45, 2.75) is 26.4 Å². The van der Waals surface area contributed by atoms with Crippen LogP contribution in [0.4, 0.5) is 5.69 Å². The van der Waals surface area contributed by atoms with Crippen molar-refractivity contribution in [3.05, 3.63) is 29.8 Å². The first kappa shape index (κ1) is 13.4. The number of hydrogen-bond acceptors (Lipinski definition) is 3. The molecule has 1 aromatic carbocycles. The minimum Gasteiger partial charge on any atom is -0.384 e. The number of nitrogens with zero attached hydrogens (tertiary/aromatic N) is 1. The fourth-order valence-electron chi connectivity index (χ4n) is 2.33. The smallest absolute Gasteiger partial charge is 0.0753 e. The summed E-state index contributed by atoms with van der Waals surface area (Å²) in [7, 11) is 0. The fourth-order valence-corrected chi connectivity index (χ4v) is 2.33. The SMILES string of the molecule is Cc1ccc(NCCN2CCOC(C)(C)C2)cc1. The number of nitrogens with one attached hydrogen (secondary N) is 1. The normalized spacial score (nSPS) is 19.7. The monoisotopic (exact) mass is 248 g/mol. The summed E-state index contributed by atoms with van der Waals surface area (Å²) in [5.41, 5.74) is 2.51. The highest BCUT2D eigenvalue weighted by atomic mass is 16.5. The van der Waals surface area contributed by atoms with E-state index in [0.717, 1.165) is 32.8 Å². The van der Waals surface area contributed by atoms with Crippen LogP contribution < -0.4 is 5.32 Å². The average Bonchev–Trinajstić information content (AvgIpc) is 2.30. The predicted molar refractivity (Wildman–Crippen MR) is 76.1 cm³/mol. The van der Waals surface area contributed by atoms with Crippen molar-refractivity contribution in [1.29, 1.82) is 0 Å². The quantitative estimate of drug-likeness (QED) is 0.886. The third-order valence-electron chi connectivity index (χ3n) is 3.31. The van der Waals surface area contributed by atoms with Crippen molar-refractivity contribution in [3.8, 4) is 0 Å². The van der Waals surface area contributed by atoms with Gasteiger partial charge in [0.05, 0.1) is 12.2 Å². The molecule has 100 valence electrons. The Morgan fingerprint density at radius 2 is 2.00 bits per heavy atom. The number of morpholine rings is 1. The van der Waals surface area contributed by atoms with E-state index in [9.17, 15) is 0 Å². The zero-order valence-corrected chi connectivity index (χ0v) is 11.7. The van der Waals surface area contributed by atoms with Gasteiger partial charge in [-0.1, -0.05) is 17.7 Å². The fraction of sp³-hybridized carbons (Fsp3) is 0.600. The van der Waals surface area contributed by atoms with Gasteiger partial charge in [0.2, 0.25) is 0 Å². The summed E-state index contributed by atoms with van der Waals surface area (Å²) in [5.74, 6) is 0. The van der Waals surface area contributed by atoms with Gasteiger partial charge < -0.3 is 10.1 Å². The van der Waals surface area contributed by atoms with E-state index in [2.05, 4.69) is 55.3 Å². The van der Waals surface area contributed by atoms with Crippen LogP contribution in [0.15, 0.2) is 24.3 Å². The first-order chi connectivity index (χ1) is 8.55. The second kappa shape index (κ2) is 5.72.